The topological polar surface area (TPSA) is 92.0 Å². The molecule has 3 rings (SSSR count). The fourth-order valence-electron chi connectivity index (χ4n) is 4.18. The molecule has 0 radical (unpaired) electrons. The summed E-state index contributed by atoms with van der Waals surface area (Å²) in [6.45, 7) is 9.05. The van der Waals surface area contributed by atoms with Gasteiger partial charge in [-0.1, -0.05) is 31.9 Å². The molecule has 1 aromatic heterocycles. The number of allylic oxidation sites excluding steroid dienone is 2. The molecular weight excluding hydrogens is 321 g/mol. The van der Waals surface area contributed by atoms with Crippen molar-refractivity contribution in [1.29, 1.82) is 0 Å². The first-order valence-corrected chi connectivity index (χ1v) is 8.93. The first kappa shape index (κ1) is 19.6. The van der Waals surface area contributed by atoms with Gasteiger partial charge in [-0.2, -0.15) is 4.98 Å². The van der Waals surface area contributed by atoms with Crippen LogP contribution in [-0.4, -0.2) is 20.7 Å². The third-order valence-electron chi connectivity index (χ3n) is 5.75. The predicted octanol–water partition coefficient (Wildman–Crippen LogP) is 3.41. The lowest BCUT2D eigenvalue weighted by molar-refractivity contribution is -0.0380. The van der Waals surface area contributed by atoms with Gasteiger partial charge >= 0.3 is 5.69 Å². The van der Waals surface area contributed by atoms with E-state index in [2.05, 4.69) is 38.8 Å². The van der Waals surface area contributed by atoms with Crippen molar-refractivity contribution in [2.45, 2.75) is 65.4 Å². The lowest BCUT2D eigenvalue weighted by Crippen LogP contribution is -2.42. The molecule has 2 aliphatic rings. The van der Waals surface area contributed by atoms with Crippen LogP contribution in [0.15, 0.2) is 22.6 Å². The number of aliphatic hydroxyl groups is 1. The first-order chi connectivity index (χ1) is 11.5. The van der Waals surface area contributed by atoms with Crippen LogP contribution >= 0.6 is 0 Å². The Kier molecular flexibility index (Phi) is 5.72. The molecule has 0 saturated heterocycles. The van der Waals surface area contributed by atoms with Crippen LogP contribution in [0.3, 0.4) is 0 Å². The lowest BCUT2D eigenvalue weighted by atomic mass is 9.63. The predicted molar refractivity (Wildman–Crippen MR) is 97.5 cm³/mol. The standard InChI is InChI=1S/C15H26O.C4H4FN3O/c1-11-6-7-12-13(10-11)14(2,3)8-5-9-15(12,4)16;5-2-1-7-4(9)8-3(2)6/h10,12-13,16H,5-9H2,1-4H3;1H,(H3,6,7,8,9)/t12-,13+,15-;/m1./s1. The van der Waals surface area contributed by atoms with Gasteiger partial charge in [0.25, 0.3) is 0 Å². The Morgan fingerprint density at radius 1 is 1.36 bits per heavy atom. The maximum atomic E-state index is 12.1. The van der Waals surface area contributed by atoms with E-state index in [4.69, 9.17) is 5.73 Å². The molecule has 5 nitrogen and oxygen atoms in total. The molecule has 1 saturated carbocycles. The number of fused-ring (bicyclic) bond motifs is 1. The second-order valence-corrected chi connectivity index (χ2v) is 8.33. The Hall–Kier alpha value is -1.69. The molecule has 4 N–H and O–H groups in total. The number of nitrogens with zero attached hydrogens (tertiary/aromatic N) is 1. The van der Waals surface area contributed by atoms with Gasteiger partial charge in [0.2, 0.25) is 0 Å². The average molecular weight is 351 g/mol. The van der Waals surface area contributed by atoms with Crippen LogP contribution in [0.4, 0.5) is 10.2 Å². The van der Waals surface area contributed by atoms with Crippen LogP contribution in [0.2, 0.25) is 0 Å². The Balaban J connectivity index is 0.000000212. The number of aromatic nitrogens is 2. The van der Waals surface area contributed by atoms with Crippen LogP contribution in [0.1, 0.15) is 59.8 Å². The van der Waals surface area contributed by atoms with Gasteiger partial charge in [-0.25, -0.2) is 9.18 Å². The maximum Gasteiger partial charge on any atom is 0.346 e. The summed E-state index contributed by atoms with van der Waals surface area (Å²) in [4.78, 5) is 15.3. The maximum absolute atomic E-state index is 12.1. The zero-order valence-corrected chi connectivity index (χ0v) is 15.6. The van der Waals surface area contributed by atoms with E-state index in [1.54, 1.807) is 0 Å². The first-order valence-electron chi connectivity index (χ1n) is 8.93. The van der Waals surface area contributed by atoms with Gasteiger partial charge in [0.1, 0.15) is 5.82 Å². The highest BCUT2D eigenvalue weighted by molar-refractivity contribution is 5.25. The highest BCUT2D eigenvalue weighted by Crippen LogP contribution is 2.51. The summed E-state index contributed by atoms with van der Waals surface area (Å²) in [5.41, 5.74) is 5.73. The Labute approximate surface area is 148 Å². The number of nitrogens with one attached hydrogen (secondary N) is 1. The van der Waals surface area contributed by atoms with E-state index >= 15 is 0 Å². The smallest absolute Gasteiger partial charge is 0.346 e. The lowest BCUT2D eigenvalue weighted by Gasteiger charge is -2.44. The van der Waals surface area contributed by atoms with Gasteiger partial charge < -0.3 is 10.8 Å². The highest BCUT2D eigenvalue weighted by atomic mass is 19.1. The van der Waals surface area contributed by atoms with Gasteiger partial charge in [0.05, 0.1) is 11.8 Å². The Bertz CT molecular complexity index is 694. The van der Waals surface area contributed by atoms with Gasteiger partial charge in [0.15, 0.2) is 5.82 Å². The number of nitrogen functional groups attached to an aromatic ring is 1. The number of hydrogen-bond donors (Lipinski definition) is 3. The van der Waals surface area contributed by atoms with E-state index in [1.165, 1.54) is 31.3 Å². The largest absolute Gasteiger partial charge is 0.390 e. The second-order valence-electron chi connectivity index (χ2n) is 8.33. The second kappa shape index (κ2) is 7.28. The molecule has 0 aromatic carbocycles. The van der Waals surface area contributed by atoms with Crippen LogP contribution in [0, 0.1) is 23.1 Å². The van der Waals surface area contributed by atoms with E-state index in [9.17, 15) is 14.3 Å². The van der Waals surface area contributed by atoms with Crippen molar-refractivity contribution in [2.75, 3.05) is 5.73 Å². The molecule has 0 unspecified atom stereocenters. The average Bonchev–Trinajstić information content (AvgIpc) is 2.59. The molecule has 2 aliphatic carbocycles. The van der Waals surface area contributed by atoms with Crippen LogP contribution in [-0.2, 0) is 0 Å². The van der Waals surface area contributed by atoms with Crippen molar-refractivity contribution in [3.8, 4) is 0 Å². The molecule has 1 heterocycles. The number of halogens is 1. The van der Waals surface area contributed by atoms with Gasteiger partial charge in [-0.3, -0.25) is 4.98 Å². The fraction of sp³-hybridized carbons (Fsp3) is 0.684. The summed E-state index contributed by atoms with van der Waals surface area (Å²) in [5, 5.41) is 10.6. The minimum atomic E-state index is -0.713. The fourth-order valence-corrected chi connectivity index (χ4v) is 4.18. The molecule has 1 aromatic rings. The summed E-state index contributed by atoms with van der Waals surface area (Å²) < 4.78 is 12.1. The van der Waals surface area contributed by atoms with E-state index in [0.29, 0.717) is 17.3 Å². The number of H-pyrrole nitrogens is 1. The number of nitrogens with two attached hydrogens (primary N) is 1. The normalized spacial score (nSPS) is 31.0. The molecule has 0 bridgehead atoms. The summed E-state index contributed by atoms with van der Waals surface area (Å²) in [6, 6.07) is 0. The van der Waals surface area contributed by atoms with E-state index in [0.717, 1.165) is 12.6 Å². The van der Waals surface area contributed by atoms with Crippen molar-refractivity contribution >= 4 is 5.82 Å². The van der Waals surface area contributed by atoms with Crippen molar-refractivity contribution in [2.24, 2.45) is 17.3 Å². The molecule has 6 heteroatoms. The van der Waals surface area contributed by atoms with Crippen LogP contribution in [0.25, 0.3) is 0 Å². The molecule has 25 heavy (non-hydrogen) atoms. The van der Waals surface area contributed by atoms with Crippen molar-refractivity contribution in [1.82, 2.24) is 9.97 Å². The summed E-state index contributed by atoms with van der Waals surface area (Å²) in [5.74, 6) is 0.0389. The van der Waals surface area contributed by atoms with Crippen molar-refractivity contribution in [3.63, 3.8) is 0 Å². The summed E-state index contributed by atoms with van der Waals surface area (Å²) >= 11 is 0. The highest BCUT2D eigenvalue weighted by Gasteiger charge is 2.46. The monoisotopic (exact) mass is 351 g/mol. The molecular formula is C19H30FN3O2. The zero-order chi connectivity index (χ0) is 18.8. The number of rotatable bonds is 0. The number of anilines is 1. The zero-order valence-electron chi connectivity index (χ0n) is 15.6. The minimum Gasteiger partial charge on any atom is -0.390 e. The van der Waals surface area contributed by atoms with Crippen molar-refractivity contribution in [3.05, 3.63) is 34.1 Å². The number of hydrogen-bond acceptors (Lipinski definition) is 4. The summed E-state index contributed by atoms with van der Waals surface area (Å²) in [7, 11) is 0. The van der Waals surface area contributed by atoms with Gasteiger partial charge in [-0.05, 0) is 56.8 Å². The molecule has 140 valence electrons. The molecule has 0 spiro atoms. The third kappa shape index (κ3) is 4.69. The quantitative estimate of drug-likeness (QED) is 0.625. The molecule has 1 fully saturated rings. The van der Waals surface area contributed by atoms with Crippen LogP contribution in [0.5, 0.6) is 0 Å². The number of aromatic amines is 1. The van der Waals surface area contributed by atoms with E-state index in [-0.39, 0.29) is 5.82 Å². The SMILES string of the molecule is CC1=C[C@H]2[C@@H](CC1)[C@](C)(O)CCCC2(C)C.Nc1[nH]c(=O)ncc1F. The molecule has 0 aliphatic heterocycles. The molecule has 0 amide bonds. The van der Waals surface area contributed by atoms with Crippen molar-refractivity contribution < 1.29 is 9.50 Å². The molecule has 3 atom stereocenters. The minimum absolute atomic E-state index is 0.282. The van der Waals surface area contributed by atoms with E-state index in [1.807, 2.05) is 4.98 Å². The summed E-state index contributed by atoms with van der Waals surface area (Å²) in [6.07, 6.45) is 8.96. The van der Waals surface area contributed by atoms with Gasteiger partial charge in [0, 0.05) is 0 Å². The Morgan fingerprint density at radius 3 is 2.64 bits per heavy atom. The van der Waals surface area contributed by atoms with E-state index < -0.39 is 17.1 Å². The Morgan fingerprint density at radius 2 is 2.04 bits per heavy atom. The van der Waals surface area contributed by atoms with Gasteiger partial charge in [-0.15, -0.1) is 0 Å². The third-order valence-corrected chi connectivity index (χ3v) is 5.75. The van der Waals surface area contributed by atoms with Crippen LogP contribution < -0.4 is 11.4 Å².